The van der Waals surface area contributed by atoms with Gasteiger partial charge in [0, 0.05) is 24.8 Å². The Morgan fingerprint density at radius 1 is 1.22 bits per heavy atom. The van der Waals surface area contributed by atoms with Crippen LogP contribution in [-0.2, 0) is 0 Å². The minimum atomic E-state index is -4.40. The molecule has 170 valence electrons. The summed E-state index contributed by atoms with van der Waals surface area (Å²) in [5.41, 5.74) is 2.15. The van der Waals surface area contributed by atoms with Crippen molar-refractivity contribution >= 4 is 16.9 Å². The molecule has 1 aromatic carbocycles. The zero-order valence-electron chi connectivity index (χ0n) is 17.9. The van der Waals surface area contributed by atoms with Gasteiger partial charge in [-0.3, -0.25) is 15.1 Å². The molecule has 8 heteroatoms. The Morgan fingerprint density at radius 2 is 2.00 bits per heavy atom. The average molecular weight is 445 g/mol. The Labute approximate surface area is 185 Å². The number of fused-ring (bicyclic) bond motifs is 1. The molecule has 1 amide bonds. The summed E-state index contributed by atoms with van der Waals surface area (Å²) in [5.74, 6) is -0.147. The summed E-state index contributed by atoms with van der Waals surface area (Å²) in [6.07, 6.45) is -0.0530. The number of hydrogen-bond donors (Lipinski definition) is 2. The van der Waals surface area contributed by atoms with Crippen LogP contribution >= 0.6 is 0 Å². The van der Waals surface area contributed by atoms with Crippen LogP contribution in [0.5, 0.6) is 0 Å². The number of amides is 1. The van der Waals surface area contributed by atoms with Crippen molar-refractivity contribution in [1.82, 2.24) is 20.2 Å². The second-order valence-electron chi connectivity index (χ2n) is 8.28. The largest absolute Gasteiger partial charge is 0.407 e. The van der Waals surface area contributed by atoms with E-state index < -0.39 is 12.2 Å². The monoisotopic (exact) mass is 444 g/mol. The van der Waals surface area contributed by atoms with Gasteiger partial charge in [0.15, 0.2) is 0 Å². The molecular formula is C24H27F3N4O. The minimum absolute atomic E-state index is 0.122. The normalized spacial score (nSPS) is 20.2. The summed E-state index contributed by atoms with van der Waals surface area (Å²) in [6.45, 7) is 2.39. The summed E-state index contributed by atoms with van der Waals surface area (Å²) in [4.78, 5) is 22.4. The topological polar surface area (TPSA) is 61.0 Å². The number of halogens is 3. The Hall–Kier alpha value is -2.87. The lowest BCUT2D eigenvalue weighted by molar-refractivity contribution is -0.160. The molecule has 2 N–H and O–H groups in total. The molecule has 5 nitrogen and oxygen atoms in total. The number of nitrogens with one attached hydrogen (secondary N) is 2. The Kier molecular flexibility index (Phi) is 6.50. The van der Waals surface area contributed by atoms with E-state index in [0.717, 1.165) is 18.4 Å². The fourth-order valence-electron chi connectivity index (χ4n) is 4.65. The van der Waals surface area contributed by atoms with Gasteiger partial charge in [0.25, 0.3) is 5.91 Å². The standard InChI is InChI=1S/C24H27F3N4O/c1-2-31(23(32)21-15-20-19(30-21)12-7-13-28-20)18-11-6-10-17(14-18)29-22(24(25,26)27)16-8-4-3-5-9-16/h3-5,7-9,12-13,15,17-18,22,29-30H,2,6,10-11,14H2,1H3/t17-,18+,22?/m1/s1. The first kappa shape index (κ1) is 22.3. The second kappa shape index (κ2) is 9.32. The third-order valence-corrected chi connectivity index (χ3v) is 6.17. The first-order valence-corrected chi connectivity index (χ1v) is 11.0. The molecular weight excluding hydrogens is 417 g/mol. The maximum Gasteiger partial charge on any atom is 0.407 e. The van der Waals surface area contributed by atoms with Crippen LogP contribution in [0.15, 0.2) is 54.7 Å². The first-order valence-electron chi connectivity index (χ1n) is 11.0. The van der Waals surface area contributed by atoms with Crippen molar-refractivity contribution in [3.63, 3.8) is 0 Å². The molecule has 1 aliphatic carbocycles. The number of benzene rings is 1. The lowest BCUT2D eigenvalue weighted by Gasteiger charge is -2.38. The third-order valence-electron chi connectivity index (χ3n) is 6.17. The molecule has 2 aromatic heterocycles. The molecule has 3 atom stereocenters. The van der Waals surface area contributed by atoms with Gasteiger partial charge >= 0.3 is 6.18 Å². The number of nitrogens with zero attached hydrogens (tertiary/aromatic N) is 2. The maximum absolute atomic E-state index is 13.8. The van der Waals surface area contributed by atoms with E-state index in [1.54, 1.807) is 41.4 Å². The molecule has 1 fully saturated rings. The van der Waals surface area contributed by atoms with Gasteiger partial charge in [0.05, 0.1) is 11.0 Å². The van der Waals surface area contributed by atoms with Gasteiger partial charge in [-0.15, -0.1) is 0 Å². The quantitative estimate of drug-likeness (QED) is 0.547. The van der Waals surface area contributed by atoms with Gasteiger partial charge in [0.1, 0.15) is 11.7 Å². The molecule has 2 heterocycles. The predicted molar refractivity (Wildman–Crippen MR) is 117 cm³/mol. The number of rotatable bonds is 6. The molecule has 1 unspecified atom stereocenters. The highest BCUT2D eigenvalue weighted by Crippen LogP contribution is 2.35. The van der Waals surface area contributed by atoms with Gasteiger partial charge in [-0.1, -0.05) is 30.3 Å². The lowest BCUT2D eigenvalue weighted by Crippen LogP contribution is -2.49. The molecule has 3 aromatic rings. The van der Waals surface area contributed by atoms with E-state index in [-0.39, 0.29) is 23.6 Å². The number of carbonyl (C=O) groups excluding carboxylic acids is 1. The summed E-state index contributed by atoms with van der Waals surface area (Å²) < 4.78 is 41.4. The van der Waals surface area contributed by atoms with E-state index in [1.165, 1.54) is 12.1 Å². The molecule has 0 radical (unpaired) electrons. The van der Waals surface area contributed by atoms with Crippen LogP contribution < -0.4 is 5.32 Å². The van der Waals surface area contributed by atoms with E-state index in [1.807, 2.05) is 13.0 Å². The summed E-state index contributed by atoms with van der Waals surface area (Å²) in [7, 11) is 0. The highest BCUT2D eigenvalue weighted by molar-refractivity contribution is 5.97. The van der Waals surface area contributed by atoms with E-state index in [9.17, 15) is 18.0 Å². The smallest absolute Gasteiger partial charge is 0.349 e. The average Bonchev–Trinajstić information content (AvgIpc) is 3.22. The number of alkyl halides is 3. The Bertz CT molecular complexity index is 1020. The van der Waals surface area contributed by atoms with Crippen molar-refractivity contribution in [3.8, 4) is 0 Å². The van der Waals surface area contributed by atoms with Crippen LogP contribution in [0.2, 0.25) is 0 Å². The number of aromatic nitrogens is 2. The van der Waals surface area contributed by atoms with E-state index in [0.29, 0.717) is 30.6 Å². The third kappa shape index (κ3) is 4.80. The fourth-order valence-corrected chi connectivity index (χ4v) is 4.65. The van der Waals surface area contributed by atoms with Gasteiger partial charge in [-0.25, -0.2) is 0 Å². The number of pyridine rings is 1. The molecule has 1 saturated carbocycles. The Morgan fingerprint density at radius 3 is 2.69 bits per heavy atom. The van der Waals surface area contributed by atoms with E-state index in [4.69, 9.17) is 0 Å². The van der Waals surface area contributed by atoms with Crippen LogP contribution in [0.25, 0.3) is 11.0 Å². The van der Waals surface area contributed by atoms with Crippen molar-refractivity contribution in [2.45, 2.75) is 56.9 Å². The van der Waals surface area contributed by atoms with Gasteiger partial charge in [-0.2, -0.15) is 13.2 Å². The number of aromatic amines is 1. The maximum atomic E-state index is 13.8. The van der Waals surface area contributed by atoms with E-state index >= 15 is 0 Å². The van der Waals surface area contributed by atoms with Crippen LogP contribution in [0.1, 0.15) is 54.7 Å². The fraction of sp³-hybridized carbons (Fsp3) is 0.417. The summed E-state index contributed by atoms with van der Waals surface area (Å²) in [6, 6.07) is 11.1. The second-order valence-corrected chi connectivity index (χ2v) is 8.28. The first-order chi connectivity index (χ1) is 15.4. The molecule has 0 aliphatic heterocycles. The molecule has 32 heavy (non-hydrogen) atoms. The SMILES string of the molecule is CCN(C(=O)c1cc2ncccc2[nH]1)[C@H]1CCC[C@@H](NC(c2ccccc2)C(F)(F)F)C1. The molecule has 0 spiro atoms. The Balaban J connectivity index is 1.49. The van der Waals surface area contributed by atoms with Gasteiger partial charge < -0.3 is 9.88 Å². The van der Waals surface area contributed by atoms with Crippen molar-refractivity contribution in [2.75, 3.05) is 6.54 Å². The van der Waals surface area contributed by atoms with Crippen LogP contribution in [0.4, 0.5) is 13.2 Å². The van der Waals surface area contributed by atoms with E-state index in [2.05, 4.69) is 15.3 Å². The predicted octanol–water partition coefficient (Wildman–Crippen LogP) is 5.23. The van der Waals surface area contributed by atoms with Crippen LogP contribution in [0, 0.1) is 0 Å². The molecule has 1 aliphatic rings. The number of hydrogen-bond acceptors (Lipinski definition) is 3. The zero-order chi connectivity index (χ0) is 22.7. The molecule has 0 bridgehead atoms. The van der Waals surface area contributed by atoms with Crippen molar-refractivity contribution in [3.05, 3.63) is 66.0 Å². The number of H-pyrrole nitrogens is 1. The zero-order valence-corrected chi connectivity index (χ0v) is 17.9. The van der Waals surface area contributed by atoms with Gasteiger partial charge in [0.2, 0.25) is 0 Å². The van der Waals surface area contributed by atoms with Gasteiger partial charge in [-0.05, 0) is 56.4 Å². The van der Waals surface area contributed by atoms with Crippen molar-refractivity contribution in [1.29, 1.82) is 0 Å². The molecule has 0 saturated heterocycles. The summed E-state index contributed by atoms with van der Waals surface area (Å²) in [5, 5.41) is 2.84. The number of carbonyl (C=O) groups is 1. The van der Waals surface area contributed by atoms with Crippen LogP contribution in [0.3, 0.4) is 0 Å². The molecule has 4 rings (SSSR count). The van der Waals surface area contributed by atoms with Crippen molar-refractivity contribution in [2.24, 2.45) is 0 Å². The highest BCUT2D eigenvalue weighted by Gasteiger charge is 2.42. The van der Waals surface area contributed by atoms with Crippen LogP contribution in [-0.4, -0.2) is 45.6 Å². The highest BCUT2D eigenvalue weighted by atomic mass is 19.4. The lowest BCUT2D eigenvalue weighted by atomic mass is 9.88. The summed E-state index contributed by atoms with van der Waals surface area (Å²) >= 11 is 0. The minimum Gasteiger partial charge on any atom is -0.349 e. The van der Waals surface area contributed by atoms with Crippen molar-refractivity contribution < 1.29 is 18.0 Å².